The molecule has 1 amide bonds. The third-order valence-corrected chi connectivity index (χ3v) is 3.36. The maximum Gasteiger partial charge on any atom is 0.251 e. The summed E-state index contributed by atoms with van der Waals surface area (Å²) in [5.41, 5.74) is -0.277. The number of carbonyl (C=O) groups excluding carboxylic acids is 1. The second-order valence-electron chi connectivity index (χ2n) is 4.91. The number of pyridine rings is 1. The van der Waals surface area contributed by atoms with Gasteiger partial charge >= 0.3 is 0 Å². The van der Waals surface area contributed by atoms with Crippen molar-refractivity contribution in [2.24, 2.45) is 0 Å². The number of nitrogens with one attached hydrogen (secondary N) is 1. The van der Waals surface area contributed by atoms with Crippen molar-refractivity contribution in [2.75, 3.05) is 25.5 Å². The maximum absolute atomic E-state index is 12.0. The Hall–Kier alpha value is -1.62. The Morgan fingerprint density at radius 1 is 1.42 bits per heavy atom. The molecular formula is C14H23N3O2. The highest BCUT2D eigenvalue weighted by atomic mass is 16.3. The summed E-state index contributed by atoms with van der Waals surface area (Å²) in [7, 11) is 3.74. The second-order valence-corrected chi connectivity index (χ2v) is 4.91. The molecule has 19 heavy (non-hydrogen) atoms. The quantitative estimate of drug-likeness (QED) is 0.816. The van der Waals surface area contributed by atoms with E-state index in [0.29, 0.717) is 18.4 Å². The molecule has 0 aliphatic carbocycles. The van der Waals surface area contributed by atoms with Crippen LogP contribution in [-0.4, -0.2) is 42.2 Å². The van der Waals surface area contributed by atoms with Gasteiger partial charge in [0.2, 0.25) is 0 Å². The molecule has 5 heteroatoms. The van der Waals surface area contributed by atoms with Gasteiger partial charge in [0.05, 0.1) is 5.60 Å². The molecule has 0 saturated carbocycles. The lowest BCUT2D eigenvalue weighted by atomic mass is 9.97. The molecule has 0 aliphatic rings. The number of carbonyl (C=O) groups is 1. The van der Waals surface area contributed by atoms with E-state index in [1.807, 2.05) is 32.8 Å². The van der Waals surface area contributed by atoms with Gasteiger partial charge in [0, 0.05) is 32.4 Å². The fourth-order valence-corrected chi connectivity index (χ4v) is 1.65. The summed E-state index contributed by atoms with van der Waals surface area (Å²) in [5.74, 6) is 0.541. The molecule has 2 N–H and O–H groups in total. The highest BCUT2D eigenvalue weighted by Gasteiger charge is 2.23. The van der Waals surface area contributed by atoms with Crippen LogP contribution < -0.4 is 10.2 Å². The normalized spacial score (nSPS) is 11.2. The van der Waals surface area contributed by atoms with Crippen LogP contribution in [0.4, 0.5) is 5.82 Å². The molecule has 0 unspecified atom stereocenters. The van der Waals surface area contributed by atoms with Crippen LogP contribution in [0.5, 0.6) is 0 Å². The first-order valence-electron chi connectivity index (χ1n) is 6.56. The molecule has 0 spiro atoms. The number of aliphatic hydroxyl groups is 1. The third kappa shape index (κ3) is 4.21. The van der Waals surface area contributed by atoms with E-state index in [4.69, 9.17) is 0 Å². The Balaban J connectivity index is 2.71. The molecular weight excluding hydrogens is 242 g/mol. The second kappa shape index (κ2) is 6.52. The highest BCUT2D eigenvalue weighted by molar-refractivity contribution is 5.94. The molecule has 0 saturated heterocycles. The number of rotatable bonds is 6. The summed E-state index contributed by atoms with van der Waals surface area (Å²) in [6.45, 7) is 4.08. The zero-order chi connectivity index (χ0) is 14.5. The maximum atomic E-state index is 12.0. The summed E-state index contributed by atoms with van der Waals surface area (Å²) in [5, 5.41) is 12.9. The van der Waals surface area contributed by atoms with E-state index in [1.54, 1.807) is 18.3 Å². The van der Waals surface area contributed by atoms with Crippen molar-refractivity contribution >= 4 is 11.7 Å². The molecule has 1 aromatic heterocycles. The molecule has 1 rings (SSSR count). The van der Waals surface area contributed by atoms with Crippen LogP contribution in [0.1, 0.15) is 37.0 Å². The summed E-state index contributed by atoms with van der Waals surface area (Å²) in [4.78, 5) is 18.0. The Kier molecular flexibility index (Phi) is 5.30. The predicted molar refractivity (Wildman–Crippen MR) is 76.4 cm³/mol. The molecule has 0 fully saturated rings. The average molecular weight is 265 g/mol. The summed E-state index contributed by atoms with van der Waals surface area (Å²) < 4.78 is 0. The summed E-state index contributed by atoms with van der Waals surface area (Å²) >= 11 is 0. The Morgan fingerprint density at radius 3 is 2.58 bits per heavy atom. The van der Waals surface area contributed by atoms with E-state index in [0.717, 1.165) is 5.82 Å². The van der Waals surface area contributed by atoms with Crippen molar-refractivity contribution in [3.05, 3.63) is 23.9 Å². The van der Waals surface area contributed by atoms with E-state index in [1.165, 1.54) is 0 Å². The van der Waals surface area contributed by atoms with Crippen LogP contribution in [0.3, 0.4) is 0 Å². The number of amides is 1. The molecule has 0 radical (unpaired) electrons. The monoisotopic (exact) mass is 265 g/mol. The Labute approximate surface area is 114 Å². The molecule has 1 heterocycles. The Morgan fingerprint density at radius 2 is 2.05 bits per heavy atom. The van der Waals surface area contributed by atoms with Gasteiger partial charge in [-0.3, -0.25) is 4.79 Å². The lowest BCUT2D eigenvalue weighted by Crippen LogP contribution is -2.42. The van der Waals surface area contributed by atoms with Crippen molar-refractivity contribution in [3.63, 3.8) is 0 Å². The lowest BCUT2D eigenvalue weighted by Gasteiger charge is -2.25. The molecule has 0 aliphatic heterocycles. The van der Waals surface area contributed by atoms with E-state index >= 15 is 0 Å². The zero-order valence-electron chi connectivity index (χ0n) is 12.1. The molecule has 5 nitrogen and oxygen atoms in total. The standard InChI is InChI=1S/C14H23N3O2/c1-5-14(19,6-2)10-16-13(18)11-7-8-15-12(9-11)17(3)4/h7-9,19H,5-6,10H2,1-4H3,(H,16,18). The number of hydrogen-bond acceptors (Lipinski definition) is 4. The van der Waals surface area contributed by atoms with Crippen LogP contribution >= 0.6 is 0 Å². The van der Waals surface area contributed by atoms with E-state index in [9.17, 15) is 9.90 Å². The SMILES string of the molecule is CCC(O)(CC)CNC(=O)c1ccnc(N(C)C)c1. The topological polar surface area (TPSA) is 65.5 Å². The predicted octanol–water partition coefficient (Wildman–Crippen LogP) is 1.43. The van der Waals surface area contributed by atoms with Gasteiger partial charge < -0.3 is 15.3 Å². The fourth-order valence-electron chi connectivity index (χ4n) is 1.65. The first kappa shape index (κ1) is 15.4. The smallest absolute Gasteiger partial charge is 0.251 e. The van der Waals surface area contributed by atoms with Crippen LogP contribution in [0.2, 0.25) is 0 Å². The summed E-state index contributed by atoms with van der Waals surface area (Å²) in [6, 6.07) is 3.39. The molecule has 1 aromatic rings. The van der Waals surface area contributed by atoms with Gasteiger partial charge in [0.15, 0.2) is 0 Å². The van der Waals surface area contributed by atoms with Crippen LogP contribution in [0.25, 0.3) is 0 Å². The minimum absolute atomic E-state index is 0.189. The number of hydrogen-bond donors (Lipinski definition) is 2. The van der Waals surface area contributed by atoms with Gasteiger partial charge in [0.1, 0.15) is 5.82 Å². The van der Waals surface area contributed by atoms with Gasteiger partial charge in [-0.25, -0.2) is 4.98 Å². The molecule has 0 atom stereocenters. The van der Waals surface area contributed by atoms with Crippen LogP contribution in [-0.2, 0) is 0 Å². The summed E-state index contributed by atoms with van der Waals surface area (Å²) in [6.07, 6.45) is 2.84. The molecule has 0 aromatic carbocycles. The van der Waals surface area contributed by atoms with Crippen molar-refractivity contribution in [2.45, 2.75) is 32.3 Å². The van der Waals surface area contributed by atoms with Crippen molar-refractivity contribution in [1.29, 1.82) is 0 Å². The van der Waals surface area contributed by atoms with Crippen LogP contribution in [0, 0.1) is 0 Å². The van der Waals surface area contributed by atoms with Gasteiger partial charge in [-0.1, -0.05) is 13.8 Å². The molecule has 106 valence electrons. The first-order valence-corrected chi connectivity index (χ1v) is 6.56. The average Bonchev–Trinajstić information content (AvgIpc) is 2.44. The first-order chi connectivity index (χ1) is 8.91. The minimum Gasteiger partial charge on any atom is -0.388 e. The zero-order valence-corrected chi connectivity index (χ0v) is 12.1. The lowest BCUT2D eigenvalue weighted by molar-refractivity contribution is 0.0314. The van der Waals surface area contributed by atoms with Gasteiger partial charge in [-0.2, -0.15) is 0 Å². The van der Waals surface area contributed by atoms with Gasteiger partial charge in [-0.15, -0.1) is 0 Å². The number of aromatic nitrogens is 1. The van der Waals surface area contributed by atoms with Crippen molar-refractivity contribution < 1.29 is 9.90 Å². The number of nitrogens with zero attached hydrogens (tertiary/aromatic N) is 2. The molecule has 0 bridgehead atoms. The van der Waals surface area contributed by atoms with Crippen molar-refractivity contribution in [3.8, 4) is 0 Å². The highest BCUT2D eigenvalue weighted by Crippen LogP contribution is 2.14. The number of anilines is 1. The van der Waals surface area contributed by atoms with Crippen LogP contribution in [0.15, 0.2) is 18.3 Å². The fraction of sp³-hybridized carbons (Fsp3) is 0.571. The van der Waals surface area contributed by atoms with E-state index < -0.39 is 5.60 Å². The van der Waals surface area contributed by atoms with Gasteiger partial charge in [-0.05, 0) is 25.0 Å². The van der Waals surface area contributed by atoms with Crippen molar-refractivity contribution in [1.82, 2.24) is 10.3 Å². The van der Waals surface area contributed by atoms with Gasteiger partial charge in [0.25, 0.3) is 5.91 Å². The van der Waals surface area contributed by atoms with E-state index in [2.05, 4.69) is 10.3 Å². The third-order valence-electron chi connectivity index (χ3n) is 3.36. The Bertz CT molecular complexity index is 428. The minimum atomic E-state index is -0.826. The van der Waals surface area contributed by atoms with E-state index in [-0.39, 0.29) is 12.5 Å². The largest absolute Gasteiger partial charge is 0.388 e.